The summed E-state index contributed by atoms with van der Waals surface area (Å²) in [4.78, 5) is 39.2. The number of nitrogens with two attached hydrogens (primary N) is 1. The average molecular weight is 488 g/mol. The van der Waals surface area contributed by atoms with Crippen molar-refractivity contribution in [1.82, 2.24) is 5.32 Å². The van der Waals surface area contributed by atoms with Crippen molar-refractivity contribution in [2.75, 3.05) is 26.8 Å². The Hall–Kier alpha value is -0.440. The van der Waals surface area contributed by atoms with Crippen LogP contribution >= 0.6 is 23.5 Å². The summed E-state index contributed by atoms with van der Waals surface area (Å²) in [6, 6.07) is 0. The smallest absolute Gasteiger partial charge is 0.441 e. The molecule has 172 valence electrons. The Morgan fingerprint density at radius 3 is 2.28 bits per heavy atom. The summed E-state index contributed by atoms with van der Waals surface area (Å²) in [5.74, 6) is 0. The van der Waals surface area contributed by atoms with Crippen LogP contribution in [-0.2, 0) is 40.8 Å². The van der Waals surface area contributed by atoms with Crippen molar-refractivity contribution in [3.8, 4) is 0 Å². The first-order chi connectivity index (χ1) is 13.2. The van der Waals surface area contributed by atoms with Crippen LogP contribution in [0.25, 0.3) is 0 Å². The molecule has 1 amide bonds. The number of carbonyl (C=O) groups excluding carboxylic acids is 1. The first-order valence-corrected chi connectivity index (χ1v) is 12.3. The van der Waals surface area contributed by atoms with Gasteiger partial charge in [0.15, 0.2) is 6.10 Å². The summed E-state index contributed by atoms with van der Waals surface area (Å²) in [6.45, 7) is 0.885. The molecule has 4 unspecified atom stereocenters. The highest BCUT2D eigenvalue weighted by Gasteiger charge is 2.46. The van der Waals surface area contributed by atoms with Crippen molar-refractivity contribution in [3.63, 3.8) is 0 Å². The van der Waals surface area contributed by atoms with Crippen LogP contribution in [0.2, 0.25) is 0 Å². The number of aliphatic hydroxyl groups excluding tert-OH is 1. The second-order valence-electron chi connectivity index (χ2n) is 5.50. The van der Waals surface area contributed by atoms with E-state index in [1.807, 2.05) is 0 Å². The highest BCUT2D eigenvalue weighted by molar-refractivity contribution is 7.66. The van der Waals surface area contributed by atoms with E-state index in [9.17, 15) is 33.4 Å². The zero-order valence-corrected chi connectivity index (χ0v) is 17.9. The van der Waals surface area contributed by atoms with Crippen LogP contribution in [0.15, 0.2) is 0 Å². The number of phosphoric ester groups is 2. The zero-order chi connectivity index (χ0) is 22.5. The lowest BCUT2D eigenvalue weighted by Crippen LogP contribution is -2.41. The minimum atomic E-state index is -5.55. The van der Waals surface area contributed by atoms with Crippen LogP contribution in [-0.4, -0.2) is 77.1 Å². The maximum atomic E-state index is 11.8. The van der Waals surface area contributed by atoms with Crippen molar-refractivity contribution in [3.05, 3.63) is 0 Å². The standard InChI is InChI=1S/C10H23N2O14P3/c1-6-9(24-10(14)12-4-3-11)8(13)7(23-6)5-22-28(17,18)26-29(19,20)25-27(15,16)21-2/h6-9,13H,3-5,11H2,1-2H3,(H,12,14)(H,15,16)(H,17,18)(H,19,20)/t6-,7+,8?,9+/m0/s1. The second kappa shape index (κ2) is 10.7. The lowest BCUT2D eigenvalue weighted by molar-refractivity contribution is -0.0169. The molecule has 0 bridgehead atoms. The summed E-state index contributed by atoms with van der Waals surface area (Å²) < 4.78 is 60.5. The van der Waals surface area contributed by atoms with Crippen molar-refractivity contribution in [1.29, 1.82) is 0 Å². The normalized spacial score (nSPS) is 30.7. The number of hydrogen-bond donors (Lipinski definition) is 6. The summed E-state index contributed by atoms with van der Waals surface area (Å²) in [5.41, 5.74) is 5.22. The van der Waals surface area contributed by atoms with E-state index in [4.69, 9.17) is 20.1 Å². The molecule has 7 N–H and O–H groups in total. The lowest BCUT2D eigenvalue weighted by Gasteiger charge is -2.20. The third kappa shape index (κ3) is 9.07. The molecule has 0 aromatic rings. The van der Waals surface area contributed by atoms with E-state index < -0.39 is 60.6 Å². The number of rotatable bonds is 11. The first-order valence-electron chi connectivity index (χ1n) is 7.81. The van der Waals surface area contributed by atoms with Crippen LogP contribution in [0.4, 0.5) is 4.79 Å². The summed E-state index contributed by atoms with van der Waals surface area (Å²) in [6.07, 6.45) is -5.65. The Bertz CT molecular complexity index is 705. The minimum Gasteiger partial charge on any atom is -0.441 e. The molecule has 0 aliphatic carbocycles. The van der Waals surface area contributed by atoms with Crippen LogP contribution in [0.1, 0.15) is 6.92 Å². The molecular weight excluding hydrogens is 465 g/mol. The van der Waals surface area contributed by atoms with E-state index in [0.717, 1.165) is 0 Å². The molecule has 19 heteroatoms. The Balaban J connectivity index is 2.63. The van der Waals surface area contributed by atoms with Crippen LogP contribution < -0.4 is 11.1 Å². The van der Waals surface area contributed by atoms with Gasteiger partial charge in [0, 0.05) is 20.2 Å². The van der Waals surface area contributed by atoms with Crippen molar-refractivity contribution in [2.24, 2.45) is 5.73 Å². The molecular formula is C10H23N2O14P3. The van der Waals surface area contributed by atoms with Crippen molar-refractivity contribution in [2.45, 2.75) is 31.3 Å². The third-order valence-corrected chi connectivity index (χ3v) is 7.51. The molecule has 1 rings (SSSR count). The molecule has 16 nitrogen and oxygen atoms in total. The highest BCUT2D eigenvalue weighted by atomic mass is 31.3. The number of aliphatic hydroxyl groups is 1. The van der Waals surface area contributed by atoms with Crippen molar-refractivity contribution < 1.29 is 65.4 Å². The number of amides is 1. The Labute approximate surface area is 165 Å². The molecule has 1 saturated heterocycles. The van der Waals surface area contributed by atoms with Crippen LogP contribution in [0.5, 0.6) is 0 Å². The van der Waals surface area contributed by atoms with E-state index in [0.29, 0.717) is 7.11 Å². The fraction of sp³-hybridized carbons (Fsp3) is 0.900. The monoisotopic (exact) mass is 488 g/mol. The first kappa shape index (κ1) is 26.6. The van der Waals surface area contributed by atoms with E-state index in [2.05, 4.69) is 23.0 Å². The van der Waals surface area contributed by atoms with Gasteiger partial charge in [-0.1, -0.05) is 0 Å². The van der Waals surface area contributed by atoms with Gasteiger partial charge < -0.3 is 40.3 Å². The molecule has 7 atom stereocenters. The quantitative estimate of drug-likeness (QED) is 0.195. The molecule has 0 spiro atoms. The predicted molar refractivity (Wildman–Crippen MR) is 92.3 cm³/mol. The number of ether oxygens (including phenoxy) is 2. The average Bonchev–Trinajstić information content (AvgIpc) is 2.84. The zero-order valence-electron chi connectivity index (χ0n) is 15.2. The Kier molecular flexibility index (Phi) is 9.84. The number of phosphoric acid groups is 3. The summed E-state index contributed by atoms with van der Waals surface area (Å²) >= 11 is 0. The molecule has 0 aromatic heterocycles. The molecule has 1 aliphatic rings. The molecule has 1 heterocycles. The van der Waals surface area contributed by atoms with Gasteiger partial charge in [0.05, 0.1) is 12.7 Å². The van der Waals surface area contributed by atoms with Crippen LogP contribution in [0, 0.1) is 0 Å². The number of carbonyl (C=O) groups is 1. The predicted octanol–water partition coefficient (Wildman–Crippen LogP) is -0.814. The van der Waals surface area contributed by atoms with E-state index in [-0.39, 0.29) is 13.1 Å². The second-order valence-corrected chi connectivity index (χ2v) is 10.2. The van der Waals surface area contributed by atoms with Gasteiger partial charge in [-0.15, -0.1) is 0 Å². The largest absolute Gasteiger partial charge is 0.490 e. The molecule has 1 fully saturated rings. The maximum absolute atomic E-state index is 11.8. The number of alkyl carbamates (subject to hydrolysis) is 1. The molecule has 1 aliphatic heterocycles. The molecule has 0 radical (unpaired) electrons. The van der Waals surface area contributed by atoms with Gasteiger partial charge >= 0.3 is 29.6 Å². The molecule has 29 heavy (non-hydrogen) atoms. The number of nitrogens with one attached hydrogen (secondary N) is 1. The van der Waals surface area contributed by atoms with Gasteiger partial charge in [-0.2, -0.15) is 8.62 Å². The molecule has 0 saturated carbocycles. The van der Waals surface area contributed by atoms with E-state index >= 15 is 0 Å². The SMILES string of the molecule is COP(=O)(O)OP(=O)(O)OP(=O)(O)OC[C@H]1O[C@@H](C)[C@@H](OC(=O)NCCN)C1O. The molecule has 0 aromatic carbocycles. The third-order valence-electron chi connectivity index (χ3n) is 3.27. The fourth-order valence-corrected chi connectivity index (χ4v) is 5.33. The lowest BCUT2D eigenvalue weighted by atomic mass is 10.1. The highest BCUT2D eigenvalue weighted by Crippen LogP contribution is 2.67. The van der Waals surface area contributed by atoms with Gasteiger partial charge in [0.25, 0.3) is 0 Å². The summed E-state index contributed by atoms with van der Waals surface area (Å²) in [5, 5.41) is 12.5. The topological polar surface area (TPSA) is 243 Å². The number of hydrogen-bond acceptors (Lipinski definition) is 12. The van der Waals surface area contributed by atoms with Gasteiger partial charge in [0.2, 0.25) is 0 Å². The van der Waals surface area contributed by atoms with Gasteiger partial charge in [-0.25, -0.2) is 18.5 Å². The fourth-order valence-electron chi connectivity index (χ4n) is 2.07. The van der Waals surface area contributed by atoms with Crippen LogP contribution in [0.3, 0.4) is 0 Å². The Morgan fingerprint density at radius 1 is 1.14 bits per heavy atom. The van der Waals surface area contributed by atoms with Crippen molar-refractivity contribution >= 4 is 29.6 Å². The minimum absolute atomic E-state index is 0.127. The van der Waals surface area contributed by atoms with E-state index in [1.54, 1.807) is 0 Å². The van der Waals surface area contributed by atoms with Gasteiger partial charge in [0.1, 0.15) is 12.2 Å². The van der Waals surface area contributed by atoms with Gasteiger partial charge in [-0.3, -0.25) is 9.05 Å². The maximum Gasteiger partial charge on any atom is 0.490 e. The Morgan fingerprint density at radius 2 is 1.72 bits per heavy atom. The van der Waals surface area contributed by atoms with Gasteiger partial charge in [-0.05, 0) is 6.92 Å². The van der Waals surface area contributed by atoms with E-state index in [1.165, 1.54) is 6.92 Å². The summed E-state index contributed by atoms with van der Waals surface area (Å²) in [7, 11) is -15.2.